The largest absolute Gasteiger partial charge is 0.394 e. The number of hydrogen-bond acceptors (Lipinski definition) is 5. The van der Waals surface area contributed by atoms with Crippen molar-refractivity contribution in [2.24, 2.45) is 0 Å². The Kier molecular flexibility index (Phi) is 5.82. The van der Waals surface area contributed by atoms with Crippen LogP contribution in [-0.2, 0) is 14.2 Å². The number of aliphatic hydroxyl groups is 2. The van der Waals surface area contributed by atoms with E-state index in [2.05, 4.69) is 0 Å². The molecule has 1 aliphatic rings. The summed E-state index contributed by atoms with van der Waals surface area (Å²) in [5, 5.41) is 18.1. The summed E-state index contributed by atoms with van der Waals surface area (Å²) < 4.78 is 16.6. The maximum absolute atomic E-state index is 9.18. The zero-order valence-corrected chi connectivity index (χ0v) is 10.9. The normalized spacial score (nSPS) is 28.1. The van der Waals surface area contributed by atoms with Gasteiger partial charge in [-0.25, -0.2) is 0 Å². The van der Waals surface area contributed by atoms with Crippen molar-refractivity contribution in [1.82, 2.24) is 0 Å². The summed E-state index contributed by atoms with van der Waals surface area (Å²) in [5.41, 5.74) is -0.350. The van der Waals surface area contributed by atoms with Crippen LogP contribution in [0.5, 0.6) is 0 Å². The Morgan fingerprint density at radius 2 is 1.88 bits per heavy atom. The first-order valence-corrected chi connectivity index (χ1v) is 6.09. The molecule has 1 heterocycles. The van der Waals surface area contributed by atoms with Crippen LogP contribution >= 0.6 is 0 Å². The van der Waals surface area contributed by atoms with Crippen LogP contribution in [-0.4, -0.2) is 60.6 Å². The Labute approximate surface area is 103 Å². The van der Waals surface area contributed by atoms with Gasteiger partial charge in [0.25, 0.3) is 0 Å². The van der Waals surface area contributed by atoms with Crippen LogP contribution in [0.2, 0.25) is 0 Å². The van der Waals surface area contributed by atoms with Crippen molar-refractivity contribution in [2.45, 2.75) is 51.1 Å². The van der Waals surface area contributed by atoms with Crippen molar-refractivity contribution in [3.05, 3.63) is 0 Å². The summed E-state index contributed by atoms with van der Waals surface area (Å²) >= 11 is 0. The van der Waals surface area contributed by atoms with Crippen LogP contribution in [0, 0.1) is 0 Å². The fourth-order valence-corrected chi connectivity index (χ4v) is 1.76. The van der Waals surface area contributed by atoms with Gasteiger partial charge in [0.05, 0.1) is 44.2 Å². The molecule has 5 heteroatoms. The van der Waals surface area contributed by atoms with Crippen LogP contribution in [0.4, 0.5) is 0 Å². The van der Waals surface area contributed by atoms with Gasteiger partial charge >= 0.3 is 0 Å². The second kappa shape index (κ2) is 6.66. The third-order valence-corrected chi connectivity index (χ3v) is 2.67. The average molecular weight is 248 g/mol. The number of ether oxygens (including phenoxy) is 3. The molecule has 0 spiro atoms. The Bertz CT molecular complexity index is 209. The van der Waals surface area contributed by atoms with Gasteiger partial charge in [0.1, 0.15) is 6.10 Å². The highest BCUT2D eigenvalue weighted by Crippen LogP contribution is 2.21. The number of rotatable bonds is 6. The summed E-state index contributed by atoms with van der Waals surface area (Å²) in [4.78, 5) is 0. The third kappa shape index (κ3) is 5.79. The van der Waals surface area contributed by atoms with Gasteiger partial charge < -0.3 is 24.4 Å². The minimum Gasteiger partial charge on any atom is -0.394 e. The van der Waals surface area contributed by atoms with E-state index in [1.807, 2.05) is 13.8 Å². The second-order valence-corrected chi connectivity index (χ2v) is 5.22. The Hall–Kier alpha value is -0.200. The molecule has 0 saturated carbocycles. The zero-order chi connectivity index (χ0) is 12.9. The molecule has 0 aromatic rings. The summed E-state index contributed by atoms with van der Waals surface area (Å²) in [6.07, 6.45) is 0.0313. The fourth-order valence-electron chi connectivity index (χ4n) is 1.76. The van der Waals surface area contributed by atoms with Gasteiger partial charge in [0, 0.05) is 6.42 Å². The molecule has 1 fully saturated rings. The molecule has 1 saturated heterocycles. The summed E-state index contributed by atoms with van der Waals surface area (Å²) in [7, 11) is 0. The number of hydrogen-bond donors (Lipinski definition) is 2. The van der Waals surface area contributed by atoms with Crippen molar-refractivity contribution >= 4 is 0 Å². The van der Waals surface area contributed by atoms with E-state index in [9.17, 15) is 5.11 Å². The molecule has 5 nitrogen and oxygen atoms in total. The molecule has 0 bridgehead atoms. The van der Waals surface area contributed by atoms with Crippen LogP contribution in [0.25, 0.3) is 0 Å². The molecule has 0 aromatic carbocycles. The van der Waals surface area contributed by atoms with Crippen molar-refractivity contribution in [1.29, 1.82) is 0 Å². The van der Waals surface area contributed by atoms with E-state index in [1.165, 1.54) is 0 Å². The molecule has 2 N–H and O–H groups in total. The predicted molar refractivity (Wildman–Crippen MR) is 62.9 cm³/mol. The van der Waals surface area contributed by atoms with E-state index in [0.29, 0.717) is 26.2 Å². The lowest BCUT2D eigenvalue weighted by Gasteiger charge is -2.34. The van der Waals surface area contributed by atoms with Crippen LogP contribution in [0.1, 0.15) is 27.2 Å². The van der Waals surface area contributed by atoms with Crippen molar-refractivity contribution in [3.8, 4) is 0 Å². The first kappa shape index (κ1) is 14.9. The highest BCUT2D eigenvalue weighted by atomic mass is 16.6. The van der Waals surface area contributed by atoms with E-state index in [0.717, 1.165) is 0 Å². The molecule has 0 amide bonds. The Morgan fingerprint density at radius 1 is 1.29 bits per heavy atom. The maximum atomic E-state index is 9.18. The molecule has 3 atom stereocenters. The van der Waals surface area contributed by atoms with Crippen LogP contribution in [0.15, 0.2) is 0 Å². The number of aliphatic hydroxyl groups excluding tert-OH is 2. The molecule has 3 unspecified atom stereocenters. The van der Waals surface area contributed by atoms with Crippen LogP contribution < -0.4 is 0 Å². The third-order valence-electron chi connectivity index (χ3n) is 2.67. The first-order chi connectivity index (χ1) is 7.93. The average Bonchev–Trinajstić information content (AvgIpc) is 2.27. The van der Waals surface area contributed by atoms with Crippen molar-refractivity contribution < 1.29 is 24.4 Å². The van der Waals surface area contributed by atoms with Crippen LogP contribution in [0.3, 0.4) is 0 Å². The van der Waals surface area contributed by atoms with Gasteiger partial charge in [-0.2, -0.15) is 0 Å². The lowest BCUT2D eigenvalue weighted by Crippen LogP contribution is -2.42. The molecule has 0 aromatic heterocycles. The molecule has 0 aliphatic carbocycles. The monoisotopic (exact) mass is 248 g/mol. The van der Waals surface area contributed by atoms with Gasteiger partial charge in [-0.15, -0.1) is 0 Å². The molecule has 1 rings (SSSR count). The smallest absolute Gasteiger partial charge is 0.104 e. The lowest BCUT2D eigenvalue weighted by atomic mass is 10.00. The highest BCUT2D eigenvalue weighted by molar-refractivity contribution is 4.77. The van der Waals surface area contributed by atoms with Crippen molar-refractivity contribution in [3.63, 3.8) is 0 Å². The van der Waals surface area contributed by atoms with Gasteiger partial charge in [-0.05, 0) is 20.8 Å². The van der Waals surface area contributed by atoms with E-state index >= 15 is 0 Å². The van der Waals surface area contributed by atoms with Gasteiger partial charge in [-0.1, -0.05) is 0 Å². The molecule has 0 radical (unpaired) electrons. The summed E-state index contributed by atoms with van der Waals surface area (Å²) in [6.45, 7) is 6.85. The molecule has 102 valence electrons. The molecule has 17 heavy (non-hydrogen) atoms. The SMILES string of the molecule is CC(O)COC(C)(C)CC1COC(CO)CO1. The topological polar surface area (TPSA) is 68.2 Å². The molecular formula is C12H24O5. The molecular weight excluding hydrogens is 224 g/mol. The fraction of sp³-hybridized carbons (Fsp3) is 1.00. The van der Waals surface area contributed by atoms with E-state index < -0.39 is 6.10 Å². The Balaban J connectivity index is 2.28. The van der Waals surface area contributed by atoms with Crippen molar-refractivity contribution in [2.75, 3.05) is 26.4 Å². The maximum Gasteiger partial charge on any atom is 0.104 e. The summed E-state index contributed by atoms with van der Waals surface area (Å²) in [5.74, 6) is 0. The lowest BCUT2D eigenvalue weighted by molar-refractivity contribution is -0.167. The van der Waals surface area contributed by atoms with Gasteiger partial charge in [0.15, 0.2) is 0 Å². The highest BCUT2D eigenvalue weighted by Gasteiger charge is 2.29. The zero-order valence-electron chi connectivity index (χ0n) is 10.9. The van der Waals surface area contributed by atoms with E-state index in [4.69, 9.17) is 19.3 Å². The van der Waals surface area contributed by atoms with E-state index in [1.54, 1.807) is 6.92 Å². The Morgan fingerprint density at radius 3 is 2.35 bits per heavy atom. The summed E-state index contributed by atoms with van der Waals surface area (Å²) in [6, 6.07) is 0. The molecule has 1 aliphatic heterocycles. The minimum atomic E-state index is -0.462. The van der Waals surface area contributed by atoms with E-state index in [-0.39, 0.29) is 24.4 Å². The standard InChI is InChI=1S/C12H24O5/c1-9(14)6-17-12(2,3)4-10-7-16-11(5-13)8-15-10/h9-11,13-14H,4-8H2,1-3H3. The van der Waals surface area contributed by atoms with Gasteiger partial charge in [-0.3, -0.25) is 0 Å². The quantitative estimate of drug-likeness (QED) is 0.709. The van der Waals surface area contributed by atoms with Gasteiger partial charge in [0.2, 0.25) is 0 Å². The predicted octanol–water partition coefficient (Wildman–Crippen LogP) is 0.329. The first-order valence-electron chi connectivity index (χ1n) is 6.09. The second-order valence-electron chi connectivity index (χ2n) is 5.22. The minimum absolute atomic E-state index is 0.00532.